The lowest BCUT2D eigenvalue weighted by Crippen LogP contribution is -2.35. The molecule has 0 saturated heterocycles. The Labute approximate surface area is 121 Å². The number of methoxy groups -OCH3 is 1. The summed E-state index contributed by atoms with van der Waals surface area (Å²) in [5, 5.41) is 6.03. The van der Waals surface area contributed by atoms with Gasteiger partial charge in [0, 0.05) is 23.5 Å². The third kappa shape index (κ3) is 5.91. The van der Waals surface area contributed by atoms with Crippen LogP contribution < -0.4 is 10.6 Å². The number of anilines is 2. The number of aromatic nitrogens is 1. The summed E-state index contributed by atoms with van der Waals surface area (Å²) >= 11 is 0. The van der Waals surface area contributed by atoms with E-state index in [-0.39, 0.29) is 11.0 Å². The van der Waals surface area contributed by atoms with Crippen LogP contribution in [0.3, 0.4) is 0 Å². The van der Waals surface area contributed by atoms with Gasteiger partial charge in [-0.3, -0.25) is 5.32 Å². The van der Waals surface area contributed by atoms with E-state index in [2.05, 4.69) is 55.0 Å². The fourth-order valence-electron chi connectivity index (χ4n) is 2.46. The van der Waals surface area contributed by atoms with Gasteiger partial charge in [-0.1, -0.05) is 20.8 Å². The second kappa shape index (κ2) is 6.11. The summed E-state index contributed by atoms with van der Waals surface area (Å²) in [6, 6.07) is 3.51. The molecule has 2 N–H and O–H groups in total. The zero-order valence-corrected chi connectivity index (χ0v) is 13.2. The Morgan fingerprint density at radius 1 is 1.30 bits per heavy atom. The molecule has 0 bridgehead atoms. The number of ether oxygens (including phenoxy) is 1. The molecule has 20 heavy (non-hydrogen) atoms. The van der Waals surface area contributed by atoms with Gasteiger partial charge in [-0.25, -0.2) is 9.78 Å². The van der Waals surface area contributed by atoms with Crippen LogP contribution in [0.15, 0.2) is 18.3 Å². The smallest absolute Gasteiger partial charge is 0.411 e. The molecule has 1 amide bonds. The van der Waals surface area contributed by atoms with Crippen LogP contribution in [0.4, 0.5) is 16.3 Å². The molecule has 0 unspecified atom stereocenters. The van der Waals surface area contributed by atoms with Crippen LogP contribution in [-0.4, -0.2) is 23.7 Å². The summed E-state index contributed by atoms with van der Waals surface area (Å²) in [5.74, 6) is 0.730. The number of rotatable bonds is 4. The van der Waals surface area contributed by atoms with Crippen molar-refractivity contribution in [2.45, 2.75) is 46.6 Å². The van der Waals surface area contributed by atoms with Crippen LogP contribution in [0.5, 0.6) is 0 Å². The highest BCUT2D eigenvalue weighted by Crippen LogP contribution is 2.29. The zero-order valence-electron chi connectivity index (χ0n) is 13.2. The van der Waals surface area contributed by atoms with Crippen LogP contribution >= 0.6 is 0 Å². The van der Waals surface area contributed by atoms with Crippen molar-refractivity contribution < 1.29 is 9.53 Å². The summed E-state index contributed by atoms with van der Waals surface area (Å²) in [4.78, 5) is 15.5. The first kappa shape index (κ1) is 16.3. The molecule has 0 spiro atoms. The average Bonchev–Trinajstić information content (AvgIpc) is 2.25. The first-order valence-electron chi connectivity index (χ1n) is 6.70. The molecular formula is C15H25N3O2. The molecule has 1 rings (SSSR count). The quantitative estimate of drug-likeness (QED) is 0.877. The van der Waals surface area contributed by atoms with Gasteiger partial charge in [0.05, 0.1) is 7.11 Å². The van der Waals surface area contributed by atoms with Crippen LogP contribution in [-0.2, 0) is 4.74 Å². The number of nitrogens with one attached hydrogen (secondary N) is 2. The fraction of sp³-hybridized carbons (Fsp3) is 0.600. The fourth-order valence-corrected chi connectivity index (χ4v) is 2.46. The molecule has 1 heterocycles. The summed E-state index contributed by atoms with van der Waals surface area (Å²) in [5.41, 5.74) is 0.786. The molecule has 0 aromatic carbocycles. The van der Waals surface area contributed by atoms with Crippen molar-refractivity contribution in [2.24, 2.45) is 5.41 Å². The largest absolute Gasteiger partial charge is 0.453 e. The average molecular weight is 279 g/mol. The van der Waals surface area contributed by atoms with E-state index in [1.807, 2.05) is 0 Å². The summed E-state index contributed by atoms with van der Waals surface area (Å²) in [6.07, 6.45) is 2.16. The van der Waals surface area contributed by atoms with E-state index in [1.54, 1.807) is 18.3 Å². The SMILES string of the molecule is COC(=O)Nc1ccnc(NC(C)(C)CC(C)(C)C)c1. The van der Waals surface area contributed by atoms with Gasteiger partial charge in [0.1, 0.15) is 5.82 Å². The predicted molar refractivity (Wildman–Crippen MR) is 82.0 cm³/mol. The van der Waals surface area contributed by atoms with E-state index in [1.165, 1.54) is 7.11 Å². The zero-order chi connectivity index (χ0) is 15.4. The topological polar surface area (TPSA) is 63.2 Å². The summed E-state index contributed by atoms with van der Waals surface area (Å²) in [7, 11) is 1.34. The third-order valence-corrected chi connectivity index (χ3v) is 2.63. The molecule has 5 heteroatoms. The Morgan fingerprint density at radius 2 is 1.95 bits per heavy atom. The predicted octanol–water partition coefficient (Wildman–Crippen LogP) is 3.89. The highest BCUT2D eigenvalue weighted by Gasteiger charge is 2.25. The van der Waals surface area contributed by atoms with Crippen LogP contribution in [0.25, 0.3) is 0 Å². The second-order valence-electron chi connectivity index (χ2n) is 6.79. The maximum atomic E-state index is 11.2. The summed E-state index contributed by atoms with van der Waals surface area (Å²) < 4.78 is 4.57. The first-order valence-corrected chi connectivity index (χ1v) is 6.70. The van der Waals surface area contributed by atoms with Gasteiger partial charge in [0.25, 0.3) is 0 Å². The van der Waals surface area contributed by atoms with Crippen molar-refractivity contribution in [1.29, 1.82) is 0 Å². The number of carbonyl (C=O) groups is 1. The van der Waals surface area contributed by atoms with E-state index in [0.717, 1.165) is 12.2 Å². The number of hydrogen-bond donors (Lipinski definition) is 2. The molecule has 0 saturated carbocycles. The van der Waals surface area contributed by atoms with Crippen molar-refractivity contribution in [1.82, 2.24) is 4.98 Å². The Hall–Kier alpha value is -1.78. The van der Waals surface area contributed by atoms with Gasteiger partial charge in [-0.2, -0.15) is 0 Å². The summed E-state index contributed by atoms with van der Waals surface area (Å²) in [6.45, 7) is 10.9. The number of pyridine rings is 1. The van der Waals surface area contributed by atoms with Crippen LogP contribution in [0, 0.1) is 5.41 Å². The Morgan fingerprint density at radius 3 is 2.50 bits per heavy atom. The van der Waals surface area contributed by atoms with Gasteiger partial charge in [0.15, 0.2) is 0 Å². The molecule has 112 valence electrons. The van der Waals surface area contributed by atoms with Crippen LogP contribution in [0.1, 0.15) is 41.0 Å². The minimum absolute atomic E-state index is 0.0882. The lowest BCUT2D eigenvalue weighted by molar-refractivity contribution is 0.187. The van der Waals surface area contributed by atoms with Crippen molar-refractivity contribution in [3.8, 4) is 0 Å². The minimum atomic E-state index is -0.490. The third-order valence-electron chi connectivity index (χ3n) is 2.63. The number of amides is 1. The monoisotopic (exact) mass is 279 g/mol. The maximum absolute atomic E-state index is 11.2. The van der Waals surface area contributed by atoms with E-state index in [9.17, 15) is 4.79 Å². The number of nitrogens with zero attached hydrogens (tertiary/aromatic N) is 1. The lowest BCUT2D eigenvalue weighted by atomic mass is 9.82. The second-order valence-corrected chi connectivity index (χ2v) is 6.79. The van der Waals surface area contributed by atoms with E-state index in [4.69, 9.17) is 0 Å². The molecule has 1 aromatic rings. The van der Waals surface area contributed by atoms with E-state index < -0.39 is 6.09 Å². The highest BCUT2D eigenvalue weighted by molar-refractivity contribution is 5.84. The normalized spacial score (nSPS) is 11.9. The Bertz CT molecular complexity index is 464. The number of hydrogen-bond acceptors (Lipinski definition) is 4. The van der Waals surface area contributed by atoms with E-state index >= 15 is 0 Å². The van der Waals surface area contributed by atoms with Gasteiger partial charge in [0.2, 0.25) is 0 Å². The van der Waals surface area contributed by atoms with Gasteiger partial charge >= 0.3 is 6.09 Å². The minimum Gasteiger partial charge on any atom is -0.453 e. The molecule has 0 atom stereocenters. The van der Waals surface area contributed by atoms with Crippen molar-refractivity contribution in [2.75, 3.05) is 17.7 Å². The molecule has 0 aliphatic heterocycles. The van der Waals surface area contributed by atoms with Crippen molar-refractivity contribution in [3.05, 3.63) is 18.3 Å². The molecule has 0 fully saturated rings. The van der Waals surface area contributed by atoms with Gasteiger partial charge < -0.3 is 10.1 Å². The molecule has 0 aliphatic carbocycles. The van der Waals surface area contributed by atoms with Gasteiger partial charge in [-0.15, -0.1) is 0 Å². The molecular weight excluding hydrogens is 254 g/mol. The molecule has 0 aliphatic rings. The van der Waals surface area contributed by atoms with E-state index in [0.29, 0.717) is 5.69 Å². The maximum Gasteiger partial charge on any atom is 0.411 e. The van der Waals surface area contributed by atoms with Gasteiger partial charge in [-0.05, 0) is 31.7 Å². The van der Waals surface area contributed by atoms with Crippen LogP contribution in [0.2, 0.25) is 0 Å². The molecule has 5 nitrogen and oxygen atoms in total. The standard InChI is InChI=1S/C15H25N3O2/c1-14(2,3)10-15(4,5)18-12-9-11(7-8-16-12)17-13(19)20-6/h7-9H,10H2,1-6H3,(H2,16,17,18,19). The molecule has 0 radical (unpaired) electrons. The van der Waals surface area contributed by atoms with Crippen molar-refractivity contribution in [3.63, 3.8) is 0 Å². The Kier molecular flexibility index (Phi) is 4.98. The molecule has 1 aromatic heterocycles. The Balaban J connectivity index is 2.77. The van der Waals surface area contributed by atoms with Crippen molar-refractivity contribution >= 4 is 17.6 Å². The lowest BCUT2D eigenvalue weighted by Gasteiger charge is -2.33. The number of carbonyl (C=O) groups excluding carboxylic acids is 1. The first-order chi connectivity index (χ1) is 9.11. The highest BCUT2D eigenvalue weighted by atomic mass is 16.5.